The zero-order valence-corrected chi connectivity index (χ0v) is 11.4. The highest BCUT2D eigenvalue weighted by molar-refractivity contribution is 5.63. The second-order valence-corrected chi connectivity index (χ2v) is 4.02. The van der Waals surface area contributed by atoms with Gasteiger partial charge in [0.1, 0.15) is 18.5 Å². The van der Waals surface area contributed by atoms with Gasteiger partial charge in [-0.1, -0.05) is 0 Å². The molecule has 0 aliphatic rings. The second-order valence-electron chi connectivity index (χ2n) is 4.02. The molecule has 0 saturated carbocycles. The summed E-state index contributed by atoms with van der Waals surface area (Å²) in [4.78, 5) is 12.8. The van der Waals surface area contributed by atoms with Crippen LogP contribution in [-0.2, 0) is 11.3 Å². The van der Waals surface area contributed by atoms with Crippen molar-refractivity contribution in [3.05, 3.63) is 35.9 Å². The van der Waals surface area contributed by atoms with Gasteiger partial charge in [-0.05, 0) is 13.0 Å². The standard InChI is InChI=1S/C14H15N5O/c1-3-20-9-14-18-12(5-13(16-2)19-14)11-4-10(6-15)7-17-8-11/h4-5,7-8H,3,9H2,1-2H3,(H,16,18,19). The van der Waals surface area contributed by atoms with Crippen molar-refractivity contribution in [3.8, 4) is 17.3 Å². The van der Waals surface area contributed by atoms with Crippen LogP contribution in [0.1, 0.15) is 18.3 Å². The molecule has 0 aromatic carbocycles. The van der Waals surface area contributed by atoms with Crippen molar-refractivity contribution in [3.63, 3.8) is 0 Å². The minimum absolute atomic E-state index is 0.352. The molecule has 0 saturated heterocycles. The normalized spacial score (nSPS) is 10.1. The van der Waals surface area contributed by atoms with Crippen molar-refractivity contribution in [2.24, 2.45) is 0 Å². The first-order valence-electron chi connectivity index (χ1n) is 6.25. The summed E-state index contributed by atoms with van der Waals surface area (Å²) in [6.07, 6.45) is 3.19. The molecule has 0 bridgehead atoms. The maximum atomic E-state index is 8.93. The van der Waals surface area contributed by atoms with Crippen LogP contribution in [0.3, 0.4) is 0 Å². The number of nitrogens with zero attached hydrogens (tertiary/aromatic N) is 4. The number of rotatable bonds is 5. The molecule has 102 valence electrons. The highest BCUT2D eigenvalue weighted by Gasteiger charge is 2.07. The smallest absolute Gasteiger partial charge is 0.157 e. The van der Waals surface area contributed by atoms with Crippen LogP contribution in [0.5, 0.6) is 0 Å². The molecule has 2 aromatic rings. The lowest BCUT2D eigenvalue weighted by Gasteiger charge is -2.08. The van der Waals surface area contributed by atoms with E-state index in [0.29, 0.717) is 36.1 Å². The van der Waals surface area contributed by atoms with Crippen molar-refractivity contribution >= 4 is 5.82 Å². The number of nitriles is 1. The Morgan fingerprint density at radius 3 is 2.85 bits per heavy atom. The molecule has 0 aliphatic heterocycles. The minimum Gasteiger partial charge on any atom is -0.374 e. The molecule has 0 fully saturated rings. The van der Waals surface area contributed by atoms with Crippen LogP contribution in [0.15, 0.2) is 24.5 Å². The maximum absolute atomic E-state index is 8.93. The molecule has 1 N–H and O–H groups in total. The van der Waals surface area contributed by atoms with Gasteiger partial charge in [0.25, 0.3) is 0 Å². The Hall–Kier alpha value is -2.52. The van der Waals surface area contributed by atoms with Gasteiger partial charge in [0.15, 0.2) is 5.82 Å². The predicted octanol–water partition coefficient (Wildman–Crippen LogP) is 1.99. The molecule has 2 rings (SSSR count). The summed E-state index contributed by atoms with van der Waals surface area (Å²) in [7, 11) is 1.79. The summed E-state index contributed by atoms with van der Waals surface area (Å²) < 4.78 is 5.33. The molecule has 0 atom stereocenters. The maximum Gasteiger partial charge on any atom is 0.157 e. The molecule has 0 amide bonds. The summed E-state index contributed by atoms with van der Waals surface area (Å²) in [5.74, 6) is 1.29. The van der Waals surface area contributed by atoms with E-state index in [1.54, 1.807) is 19.3 Å². The fourth-order valence-electron chi connectivity index (χ4n) is 1.67. The molecule has 20 heavy (non-hydrogen) atoms. The van der Waals surface area contributed by atoms with Crippen molar-refractivity contribution in [1.82, 2.24) is 15.0 Å². The lowest BCUT2D eigenvalue weighted by atomic mass is 10.1. The van der Waals surface area contributed by atoms with Gasteiger partial charge in [0.05, 0.1) is 11.3 Å². The van der Waals surface area contributed by atoms with E-state index in [1.807, 2.05) is 13.0 Å². The second kappa shape index (κ2) is 6.59. The Labute approximate surface area is 117 Å². The summed E-state index contributed by atoms with van der Waals surface area (Å²) in [6, 6.07) is 5.63. The average molecular weight is 269 g/mol. The Kier molecular flexibility index (Phi) is 4.58. The molecule has 6 heteroatoms. The lowest BCUT2D eigenvalue weighted by molar-refractivity contribution is 0.128. The molecular weight excluding hydrogens is 254 g/mol. The van der Waals surface area contributed by atoms with Crippen LogP contribution in [-0.4, -0.2) is 28.6 Å². The Balaban J connectivity index is 2.41. The SMILES string of the molecule is CCOCc1nc(NC)cc(-c2cncc(C#N)c2)n1. The Morgan fingerprint density at radius 2 is 2.15 bits per heavy atom. The van der Waals surface area contributed by atoms with Gasteiger partial charge in [-0.25, -0.2) is 9.97 Å². The number of aromatic nitrogens is 3. The molecule has 6 nitrogen and oxygen atoms in total. The van der Waals surface area contributed by atoms with Crippen LogP contribution < -0.4 is 5.32 Å². The third-order valence-electron chi connectivity index (χ3n) is 2.63. The highest BCUT2D eigenvalue weighted by atomic mass is 16.5. The third kappa shape index (κ3) is 3.28. The van der Waals surface area contributed by atoms with Gasteiger partial charge < -0.3 is 10.1 Å². The van der Waals surface area contributed by atoms with Gasteiger partial charge in [-0.2, -0.15) is 5.26 Å². The van der Waals surface area contributed by atoms with Gasteiger partial charge >= 0.3 is 0 Å². The first-order chi connectivity index (χ1) is 9.76. The lowest BCUT2D eigenvalue weighted by Crippen LogP contribution is -2.04. The van der Waals surface area contributed by atoms with E-state index in [2.05, 4.69) is 26.3 Å². The molecule has 0 aliphatic carbocycles. The van der Waals surface area contributed by atoms with E-state index in [4.69, 9.17) is 10.00 Å². The Morgan fingerprint density at radius 1 is 1.30 bits per heavy atom. The van der Waals surface area contributed by atoms with Gasteiger partial charge in [-0.15, -0.1) is 0 Å². The number of hydrogen-bond acceptors (Lipinski definition) is 6. The van der Waals surface area contributed by atoms with Gasteiger partial charge in [-0.3, -0.25) is 4.98 Å². The molecular formula is C14H15N5O. The number of ether oxygens (including phenoxy) is 1. The van der Waals surface area contributed by atoms with Crippen LogP contribution in [0, 0.1) is 11.3 Å². The minimum atomic E-state index is 0.352. The summed E-state index contributed by atoms with van der Waals surface area (Å²) >= 11 is 0. The van der Waals surface area contributed by atoms with Crippen molar-refractivity contribution in [2.45, 2.75) is 13.5 Å². The highest BCUT2D eigenvalue weighted by Crippen LogP contribution is 2.20. The number of pyridine rings is 1. The van der Waals surface area contributed by atoms with Crippen LogP contribution in [0.2, 0.25) is 0 Å². The van der Waals surface area contributed by atoms with Crippen LogP contribution in [0.25, 0.3) is 11.3 Å². The number of anilines is 1. The van der Waals surface area contributed by atoms with E-state index in [0.717, 1.165) is 5.56 Å². The quantitative estimate of drug-likeness (QED) is 0.893. The van der Waals surface area contributed by atoms with Crippen molar-refractivity contribution in [2.75, 3.05) is 19.0 Å². The average Bonchev–Trinajstić information content (AvgIpc) is 2.52. The summed E-state index contributed by atoms with van der Waals surface area (Å²) in [5.41, 5.74) is 1.99. The van der Waals surface area contributed by atoms with Crippen LogP contribution >= 0.6 is 0 Å². The number of nitrogens with one attached hydrogen (secondary N) is 1. The fourth-order valence-corrected chi connectivity index (χ4v) is 1.67. The predicted molar refractivity (Wildman–Crippen MR) is 74.9 cm³/mol. The fraction of sp³-hybridized carbons (Fsp3) is 0.286. The first kappa shape index (κ1) is 13.9. The van der Waals surface area contributed by atoms with Gasteiger partial charge in [0.2, 0.25) is 0 Å². The first-order valence-corrected chi connectivity index (χ1v) is 6.25. The zero-order chi connectivity index (χ0) is 14.4. The van der Waals surface area contributed by atoms with Gasteiger partial charge in [0, 0.05) is 37.7 Å². The monoisotopic (exact) mass is 269 g/mol. The topological polar surface area (TPSA) is 83.7 Å². The van der Waals surface area contributed by atoms with E-state index in [9.17, 15) is 0 Å². The Bertz CT molecular complexity index is 636. The van der Waals surface area contributed by atoms with Crippen molar-refractivity contribution < 1.29 is 4.74 Å². The zero-order valence-electron chi connectivity index (χ0n) is 11.4. The van der Waals surface area contributed by atoms with E-state index < -0.39 is 0 Å². The van der Waals surface area contributed by atoms with E-state index in [1.165, 1.54) is 6.20 Å². The third-order valence-corrected chi connectivity index (χ3v) is 2.63. The van der Waals surface area contributed by atoms with Crippen LogP contribution in [0.4, 0.5) is 5.82 Å². The van der Waals surface area contributed by atoms with E-state index >= 15 is 0 Å². The number of hydrogen-bond donors (Lipinski definition) is 1. The van der Waals surface area contributed by atoms with Crippen molar-refractivity contribution in [1.29, 1.82) is 5.26 Å². The van der Waals surface area contributed by atoms with E-state index in [-0.39, 0.29) is 0 Å². The largest absolute Gasteiger partial charge is 0.374 e. The summed E-state index contributed by atoms with van der Waals surface area (Å²) in [6.45, 7) is 2.88. The molecule has 0 spiro atoms. The molecule has 0 radical (unpaired) electrons. The summed E-state index contributed by atoms with van der Waals surface area (Å²) in [5, 5.41) is 11.9. The molecule has 0 unspecified atom stereocenters. The molecule has 2 aromatic heterocycles. The molecule has 2 heterocycles.